The molecule has 6 heteroatoms. The molecule has 2 N–H and O–H groups in total. The van der Waals surface area contributed by atoms with Crippen LogP contribution in [0.1, 0.15) is 30.6 Å². The average molecular weight is 294 g/mol. The first-order valence-corrected chi connectivity index (χ1v) is 6.97. The molecule has 1 aliphatic rings. The van der Waals surface area contributed by atoms with Gasteiger partial charge in [-0.25, -0.2) is 14.0 Å². The molecule has 1 aromatic carbocycles. The Hall–Kier alpha value is -2.11. The van der Waals surface area contributed by atoms with E-state index in [2.05, 4.69) is 19.2 Å². The number of aromatic carboxylic acids is 1. The molecule has 2 rings (SSSR count). The van der Waals surface area contributed by atoms with E-state index in [1.54, 1.807) is 4.90 Å². The first-order valence-electron chi connectivity index (χ1n) is 6.97. The van der Waals surface area contributed by atoms with E-state index in [4.69, 9.17) is 5.11 Å². The molecule has 0 saturated carbocycles. The van der Waals surface area contributed by atoms with E-state index < -0.39 is 11.8 Å². The van der Waals surface area contributed by atoms with Gasteiger partial charge in [0.05, 0.1) is 11.3 Å². The van der Waals surface area contributed by atoms with Gasteiger partial charge in [-0.15, -0.1) is 0 Å². The summed E-state index contributed by atoms with van der Waals surface area (Å²) in [6.45, 7) is 5.56. The number of carboxylic acids is 1. The summed E-state index contributed by atoms with van der Waals surface area (Å²) in [4.78, 5) is 24.5. The second kappa shape index (κ2) is 6.11. The average Bonchev–Trinajstić information content (AvgIpc) is 2.90. The van der Waals surface area contributed by atoms with E-state index in [9.17, 15) is 14.0 Å². The zero-order valence-electron chi connectivity index (χ0n) is 12.1. The molecule has 5 nitrogen and oxygen atoms in total. The van der Waals surface area contributed by atoms with Crippen molar-refractivity contribution in [2.75, 3.05) is 18.4 Å². The van der Waals surface area contributed by atoms with Crippen LogP contribution in [0, 0.1) is 17.7 Å². The van der Waals surface area contributed by atoms with Crippen LogP contribution >= 0.6 is 0 Å². The summed E-state index contributed by atoms with van der Waals surface area (Å²) in [5.74, 6) is -0.974. The Morgan fingerprint density at radius 1 is 1.43 bits per heavy atom. The number of carboxylic acid groups (broad SMARTS) is 1. The Labute approximate surface area is 122 Å². The second-order valence-electron chi connectivity index (χ2n) is 5.67. The largest absolute Gasteiger partial charge is 0.478 e. The van der Waals surface area contributed by atoms with Crippen molar-refractivity contribution in [3.8, 4) is 0 Å². The van der Waals surface area contributed by atoms with Crippen molar-refractivity contribution in [3.05, 3.63) is 29.6 Å². The lowest BCUT2D eigenvalue weighted by Gasteiger charge is -2.19. The van der Waals surface area contributed by atoms with E-state index in [1.165, 1.54) is 12.1 Å². The van der Waals surface area contributed by atoms with Crippen molar-refractivity contribution in [1.29, 1.82) is 0 Å². The summed E-state index contributed by atoms with van der Waals surface area (Å²) >= 11 is 0. The molecule has 1 heterocycles. The number of nitrogens with one attached hydrogen (secondary N) is 1. The number of benzene rings is 1. The minimum Gasteiger partial charge on any atom is -0.478 e. The van der Waals surface area contributed by atoms with Gasteiger partial charge in [-0.2, -0.15) is 0 Å². The first kappa shape index (κ1) is 15.3. The maximum atomic E-state index is 13.8. The number of likely N-dealkylation sites (tertiary alicyclic amines) is 1. The van der Waals surface area contributed by atoms with Crippen molar-refractivity contribution < 1.29 is 19.1 Å². The summed E-state index contributed by atoms with van der Waals surface area (Å²) in [6.07, 6.45) is 0.950. The molecule has 1 fully saturated rings. The van der Waals surface area contributed by atoms with Gasteiger partial charge in [0, 0.05) is 13.1 Å². The van der Waals surface area contributed by atoms with Crippen LogP contribution in [0.2, 0.25) is 0 Å². The Kier molecular flexibility index (Phi) is 4.45. The molecular weight excluding hydrogens is 275 g/mol. The second-order valence-corrected chi connectivity index (χ2v) is 5.67. The zero-order valence-corrected chi connectivity index (χ0v) is 12.1. The molecule has 0 aromatic heterocycles. The van der Waals surface area contributed by atoms with Crippen molar-refractivity contribution in [3.63, 3.8) is 0 Å². The van der Waals surface area contributed by atoms with Crippen molar-refractivity contribution in [1.82, 2.24) is 4.90 Å². The highest BCUT2D eigenvalue weighted by atomic mass is 19.1. The molecular formula is C15H19FN2O3. The van der Waals surface area contributed by atoms with Crippen molar-refractivity contribution >= 4 is 17.7 Å². The van der Waals surface area contributed by atoms with E-state index in [0.717, 1.165) is 12.5 Å². The highest BCUT2D eigenvalue weighted by Crippen LogP contribution is 2.24. The van der Waals surface area contributed by atoms with Crippen LogP contribution in [0.25, 0.3) is 0 Å². The maximum Gasteiger partial charge on any atom is 0.335 e. The van der Waals surface area contributed by atoms with Gasteiger partial charge >= 0.3 is 12.0 Å². The summed E-state index contributed by atoms with van der Waals surface area (Å²) in [5.41, 5.74) is -0.149. The molecule has 1 atom stereocenters. The number of carbonyl (C=O) groups is 2. The molecule has 21 heavy (non-hydrogen) atoms. The minimum atomic E-state index is -1.20. The Morgan fingerprint density at radius 3 is 2.67 bits per heavy atom. The summed E-state index contributed by atoms with van der Waals surface area (Å²) < 4.78 is 13.8. The fraction of sp³-hybridized carbons (Fsp3) is 0.467. The number of hydrogen-bond donors (Lipinski definition) is 2. The van der Waals surface area contributed by atoms with Crippen LogP contribution in [0.5, 0.6) is 0 Å². The van der Waals surface area contributed by atoms with Crippen LogP contribution < -0.4 is 5.32 Å². The monoisotopic (exact) mass is 294 g/mol. The quantitative estimate of drug-likeness (QED) is 0.900. The molecule has 1 unspecified atom stereocenters. The van der Waals surface area contributed by atoms with Gasteiger partial charge in [-0.05, 0) is 36.5 Å². The van der Waals surface area contributed by atoms with Gasteiger partial charge in [0.2, 0.25) is 0 Å². The number of urea groups is 1. The highest BCUT2D eigenvalue weighted by molar-refractivity contribution is 5.92. The Balaban J connectivity index is 2.02. The lowest BCUT2D eigenvalue weighted by atomic mass is 9.95. The molecule has 1 saturated heterocycles. The van der Waals surface area contributed by atoms with Gasteiger partial charge in [0.15, 0.2) is 0 Å². The number of anilines is 1. The fourth-order valence-electron chi connectivity index (χ4n) is 2.46. The van der Waals surface area contributed by atoms with Gasteiger partial charge in [-0.1, -0.05) is 13.8 Å². The van der Waals surface area contributed by atoms with Crippen LogP contribution in [0.15, 0.2) is 18.2 Å². The topological polar surface area (TPSA) is 69.6 Å². The van der Waals surface area contributed by atoms with Crippen LogP contribution in [-0.2, 0) is 0 Å². The van der Waals surface area contributed by atoms with Crippen LogP contribution in [0.4, 0.5) is 14.9 Å². The number of carbonyl (C=O) groups excluding carboxylic acids is 1. The Bertz CT molecular complexity index is 560. The summed E-state index contributed by atoms with van der Waals surface area (Å²) in [6, 6.07) is 3.09. The SMILES string of the molecule is CC(C)C1CCN(C(=O)Nc2ccc(C(=O)O)cc2F)C1. The number of rotatable bonds is 3. The summed E-state index contributed by atoms with van der Waals surface area (Å²) in [5, 5.41) is 11.3. The smallest absolute Gasteiger partial charge is 0.335 e. The number of hydrogen-bond acceptors (Lipinski definition) is 2. The van der Waals surface area contributed by atoms with Crippen LogP contribution in [-0.4, -0.2) is 35.1 Å². The predicted molar refractivity (Wildman–Crippen MR) is 76.9 cm³/mol. The van der Waals surface area contributed by atoms with E-state index in [-0.39, 0.29) is 17.3 Å². The van der Waals surface area contributed by atoms with E-state index >= 15 is 0 Å². The van der Waals surface area contributed by atoms with Gasteiger partial charge in [0.1, 0.15) is 5.82 Å². The molecule has 1 aromatic rings. The molecule has 0 aliphatic carbocycles. The van der Waals surface area contributed by atoms with Gasteiger partial charge in [0.25, 0.3) is 0 Å². The molecule has 0 bridgehead atoms. The molecule has 0 spiro atoms. The van der Waals surface area contributed by atoms with Crippen molar-refractivity contribution in [2.45, 2.75) is 20.3 Å². The Morgan fingerprint density at radius 2 is 2.14 bits per heavy atom. The lowest BCUT2D eigenvalue weighted by molar-refractivity contribution is 0.0696. The van der Waals surface area contributed by atoms with E-state index in [0.29, 0.717) is 24.9 Å². The van der Waals surface area contributed by atoms with Gasteiger partial charge < -0.3 is 15.3 Å². The number of halogens is 1. The predicted octanol–water partition coefficient (Wildman–Crippen LogP) is 3.03. The third-order valence-corrected chi connectivity index (χ3v) is 3.91. The van der Waals surface area contributed by atoms with E-state index in [1.807, 2.05) is 0 Å². The molecule has 2 amide bonds. The normalized spacial score (nSPS) is 18.1. The fourth-order valence-corrected chi connectivity index (χ4v) is 2.46. The van der Waals surface area contributed by atoms with Crippen molar-refractivity contribution in [2.24, 2.45) is 11.8 Å². The van der Waals surface area contributed by atoms with Gasteiger partial charge in [-0.3, -0.25) is 0 Å². The third-order valence-electron chi connectivity index (χ3n) is 3.91. The minimum absolute atomic E-state index is 0.00185. The van der Waals surface area contributed by atoms with Crippen LogP contribution in [0.3, 0.4) is 0 Å². The molecule has 1 aliphatic heterocycles. The third kappa shape index (κ3) is 3.51. The maximum absolute atomic E-state index is 13.8. The molecule has 114 valence electrons. The lowest BCUT2D eigenvalue weighted by Crippen LogP contribution is -2.33. The summed E-state index contributed by atoms with van der Waals surface area (Å²) in [7, 11) is 0. The molecule has 0 radical (unpaired) electrons. The first-order chi connectivity index (χ1) is 9.88. The number of nitrogens with zero attached hydrogens (tertiary/aromatic N) is 1. The zero-order chi connectivity index (χ0) is 15.6. The highest BCUT2D eigenvalue weighted by Gasteiger charge is 2.28. The number of amides is 2. The standard InChI is InChI=1S/C15H19FN2O3/c1-9(2)11-5-6-18(8-11)15(21)17-13-4-3-10(14(19)20)7-12(13)16/h3-4,7,9,11H,5-6,8H2,1-2H3,(H,17,21)(H,19,20).